The number of thioether (sulfide) groups is 1. The number of benzene rings is 1. The normalized spacial score (nSPS) is 19.1. The Labute approximate surface area is 200 Å². The van der Waals surface area contributed by atoms with E-state index in [-0.39, 0.29) is 35.9 Å². The minimum Gasteiger partial charge on any atom is -0.447 e. The fraction of sp³-hybridized carbons (Fsp3) is 0.400. The van der Waals surface area contributed by atoms with Crippen molar-refractivity contribution in [1.29, 1.82) is 0 Å². The monoisotopic (exact) mass is 517 g/mol. The number of hydrogen-bond donors (Lipinski definition) is 2. The van der Waals surface area contributed by atoms with Gasteiger partial charge in [0.1, 0.15) is 6.61 Å². The molecule has 14 heteroatoms. The molecule has 4 rings (SSSR count). The van der Waals surface area contributed by atoms with Crippen LogP contribution in [0.5, 0.6) is 6.08 Å². The summed E-state index contributed by atoms with van der Waals surface area (Å²) in [5, 5.41) is 14.9. The third-order valence-electron chi connectivity index (χ3n) is 4.77. The van der Waals surface area contributed by atoms with Gasteiger partial charge in [0.25, 0.3) is 5.91 Å². The number of carbonyl (C=O) groups excluding carboxylic acids is 1. The van der Waals surface area contributed by atoms with Crippen LogP contribution in [-0.4, -0.2) is 58.3 Å². The summed E-state index contributed by atoms with van der Waals surface area (Å²) in [5.74, 6) is 0.670. The third-order valence-corrected chi connectivity index (χ3v) is 6.16. The maximum atomic E-state index is 12.7. The smallest absolute Gasteiger partial charge is 0.447 e. The van der Waals surface area contributed by atoms with E-state index in [0.717, 1.165) is 10.9 Å². The first-order valence-corrected chi connectivity index (χ1v) is 11.6. The van der Waals surface area contributed by atoms with Crippen LogP contribution in [0.1, 0.15) is 28.7 Å². The molecular formula is C20H19ClF3N5O4S. The molecule has 0 spiro atoms. The van der Waals surface area contributed by atoms with Crippen LogP contribution in [0.3, 0.4) is 0 Å². The molecule has 3 aromatic rings. The number of rotatable bonds is 7. The summed E-state index contributed by atoms with van der Waals surface area (Å²) in [5.41, 5.74) is 1.16. The average Bonchev–Trinajstić information content (AvgIpc) is 3.14. The van der Waals surface area contributed by atoms with Crippen molar-refractivity contribution < 1.29 is 31.9 Å². The topological polar surface area (TPSA) is 111 Å². The van der Waals surface area contributed by atoms with Gasteiger partial charge in [-0.15, -0.1) is 30.0 Å². The lowest BCUT2D eigenvalue weighted by Crippen LogP contribution is -2.39. The number of aromatic nitrogens is 3. The summed E-state index contributed by atoms with van der Waals surface area (Å²) in [6.07, 6.45) is -2.82. The first-order valence-electron chi connectivity index (χ1n) is 10.1. The summed E-state index contributed by atoms with van der Waals surface area (Å²) in [6, 6.07) is 6.71. The molecule has 1 aromatic carbocycles. The SMILES string of the molecule is O=C(NC1CN[C@@H](c2nnc(OCCOC(F)(F)F)o2)CCS1)c1cnc2ccc(Cl)cc2c1. The van der Waals surface area contributed by atoms with Crippen molar-refractivity contribution in [3.05, 3.63) is 46.9 Å². The average molecular weight is 518 g/mol. The number of nitrogens with one attached hydrogen (secondary N) is 2. The largest absolute Gasteiger partial charge is 0.522 e. The molecule has 3 heterocycles. The summed E-state index contributed by atoms with van der Waals surface area (Å²) in [7, 11) is 0. The molecule has 1 aliphatic heterocycles. The second-order valence-corrected chi connectivity index (χ2v) is 8.94. The zero-order valence-electron chi connectivity index (χ0n) is 17.5. The van der Waals surface area contributed by atoms with Gasteiger partial charge in [0.2, 0.25) is 5.89 Å². The maximum absolute atomic E-state index is 12.7. The summed E-state index contributed by atoms with van der Waals surface area (Å²) in [4.78, 5) is 17.0. The van der Waals surface area contributed by atoms with Gasteiger partial charge < -0.3 is 19.8 Å². The zero-order chi connectivity index (χ0) is 24.1. The molecule has 0 radical (unpaired) electrons. The molecule has 1 aliphatic rings. The summed E-state index contributed by atoms with van der Waals surface area (Å²) in [6.45, 7) is -0.661. The van der Waals surface area contributed by atoms with Crippen LogP contribution in [0, 0.1) is 0 Å². The van der Waals surface area contributed by atoms with Crippen molar-refractivity contribution in [2.24, 2.45) is 0 Å². The molecule has 0 saturated carbocycles. The van der Waals surface area contributed by atoms with Crippen molar-refractivity contribution in [3.8, 4) is 6.08 Å². The van der Waals surface area contributed by atoms with Gasteiger partial charge >= 0.3 is 12.4 Å². The van der Waals surface area contributed by atoms with E-state index in [1.165, 1.54) is 6.20 Å². The van der Waals surface area contributed by atoms with E-state index in [2.05, 4.69) is 30.6 Å². The first-order chi connectivity index (χ1) is 16.3. The van der Waals surface area contributed by atoms with Crippen molar-refractivity contribution in [1.82, 2.24) is 25.8 Å². The van der Waals surface area contributed by atoms with Crippen molar-refractivity contribution in [2.75, 3.05) is 25.5 Å². The van der Waals surface area contributed by atoms with Gasteiger partial charge in [-0.25, -0.2) is 0 Å². The standard InChI is InChI=1S/C20H19ClF3N5O4S/c21-13-1-2-14-11(8-13)7-12(9-25-14)17(30)27-16-10-26-15(3-6-34-16)18-28-29-19(33-18)31-4-5-32-20(22,23)24/h1-2,7-9,15-16,26H,3-6,10H2,(H,27,30)/t15-,16?/m1/s1. The molecule has 1 fully saturated rings. The van der Waals surface area contributed by atoms with Crippen molar-refractivity contribution in [2.45, 2.75) is 24.2 Å². The number of pyridine rings is 1. The zero-order valence-corrected chi connectivity index (χ0v) is 19.0. The van der Waals surface area contributed by atoms with Crippen molar-refractivity contribution >= 4 is 40.2 Å². The van der Waals surface area contributed by atoms with E-state index in [9.17, 15) is 18.0 Å². The van der Waals surface area contributed by atoms with Gasteiger partial charge in [-0.05, 0) is 36.4 Å². The van der Waals surface area contributed by atoms with Crippen LogP contribution < -0.4 is 15.4 Å². The Hall–Kier alpha value is -2.61. The van der Waals surface area contributed by atoms with Crippen LogP contribution in [0.15, 0.2) is 34.9 Å². The molecule has 1 amide bonds. The maximum Gasteiger partial charge on any atom is 0.522 e. The third kappa shape index (κ3) is 6.72. The van der Waals surface area contributed by atoms with E-state index in [4.69, 9.17) is 20.8 Å². The summed E-state index contributed by atoms with van der Waals surface area (Å²) < 4.78 is 49.9. The molecule has 9 nitrogen and oxygen atoms in total. The highest BCUT2D eigenvalue weighted by Gasteiger charge is 2.29. The molecular weight excluding hydrogens is 499 g/mol. The number of ether oxygens (including phenoxy) is 2. The Bertz CT molecular complexity index is 1150. The summed E-state index contributed by atoms with van der Waals surface area (Å²) >= 11 is 7.58. The minimum atomic E-state index is -4.73. The van der Waals surface area contributed by atoms with Gasteiger partial charge in [-0.2, -0.15) is 0 Å². The molecule has 1 unspecified atom stereocenters. The molecule has 0 bridgehead atoms. The minimum absolute atomic E-state index is 0.217. The Morgan fingerprint density at radius 2 is 2.15 bits per heavy atom. The van der Waals surface area contributed by atoms with Crippen LogP contribution in [0.2, 0.25) is 5.02 Å². The molecule has 34 heavy (non-hydrogen) atoms. The molecule has 182 valence electrons. The second-order valence-electron chi connectivity index (χ2n) is 7.19. The van der Waals surface area contributed by atoms with Crippen LogP contribution >= 0.6 is 23.4 Å². The van der Waals surface area contributed by atoms with Crippen LogP contribution in [0.25, 0.3) is 10.9 Å². The van der Waals surface area contributed by atoms with Gasteiger partial charge in [-0.1, -0.05) is 16.7 Å². The Kier molecular flexibility index (Phi) is 7.76. The van der Waals surface area contributed by atoms with E-state index in [1.807, 2.05) is 0 Å². The number of carbonyl (C=O) groups is 1. The van der Waals surface area contributed by atoms with E-state index < -0.39 is 13.0 Å². The van der Waals surface area contributed by atoms with Gasteiger partial charge in [0.05, 0.1) is 29.1 Å². The van der Waals surface area contributed by atoms with Gasteiger partial charge in [0.15, 0.2) is 0 Å². The predicted octanol–water partition coefficient (Wildman–Crippen LogP) is 3.71. The fourth-order valence-corrected chi connectivity index (χ4v) is 4.45. The number of halogens is 4. The van der Waals surface area contributed by atoms with Crippen LogP contribution in [0.4, 0.5) is 13.2 Å². The van der Waals surface area contributed by atoms with E-state index in [1.54, 1.807) is 36.0 Å². The van der Waals surface area contributed by atoms with Gasteiger partial charge in [-0.3, -0.25) is 14.5 Å². The number of fused-ring (bicyclic) bond motifs is 1. The van der Waals surface area contributed by atoms with E-state index >= 15 is 0 Å². The first kappa shape index (κ1) is 24.5. The molecule has 2 aromatic heterocycles. The molecule has 1 saturated heterocycles. The van der Waals surface area contributed by atoms with Crippen molar-refractivity contribution in [3.63, 3.8) is 0 Å². The number of nitrogens with zero attached hydrogens (tertiary/aromatic N) is 3. The lowest BCUT2D eigenvalue weighted by Gasteiger charge is -2.17. The highest BCUT2D eigenvalue weighted by Crippen LogP contribution is 2.26. The van der Waals surface area contributed by atoms with Crippen LogP contribution in [-0.2, 0) is 4.74 Å². The molecule has 0 aliphatic carbocycles. The fourth-order valence-electron chi connectivity index (χ4n) is 3.20. The number of amides is 1. The Balaban J connectivity index is 1.29. The Morgan fingerprint density at radius 1 is 1.29 bits per heavy atom. The predicted molar refractivity (Wildman–Crippen MR) is 118 cm³/mol. The lowest BCUT2D eigenvalue weighted by molar-refractivity contribution is -0.325. The van der Waals surface area contributed by atoms with Gasteiger partial charge in [0, 0.05) is 23.2 Å². The highest BCUT2D eigenvalue weighted by molar-refractivity contribution is 7.99. The quantitative estimate of drug-likeness (QED) is 0.453. The Morgan fingerprint density at radius 3 is 2.97 bits per heavy atom. The molecule has 2 N–H and O–H groups in total. The molecule has 2 atom stereocenters. The number of alkyl halides is 3. The number of hydrogen-bond acceptors (Lipinski definition) is 9. The lowest BCUT2D eigenvalue weighted by atomic mass is 10.1. The van der Waals surface area contributed by atoms with E-state index in [0.29, 0.717) is 29.3 Å². The second kappa shape index (κ2) is 10.8. The highest BCUT2D eigenvalue weighted by atomic mass is 35.5.